The normalized spacial score (nSPS) is 10.0. The number of thioether (sulfide) groups is 1. The first-order chi connectivity index (χ1) is 5.36. The molecule has 0 bridgehead atoms. The second-order valence-corrected chi connectivity index (χ2v) is 3.86. The second-order valence-electron chi connectivity index (χ2n) is 1.90. The van der Waals surface area contributed by atoms with Crippen LogP contribution in [0.25, 0.3) is 0 Å². The molecule has 0 saturated heterocycles. The molecule has 0 aliphatic carbocycles. The lowest BCUT2D eigenvalue weighted by Crippen LogP contribution is -1.87. The summed E-state index contributed by atoms with van der Waals surface area (Å²) in [5.74, 6) is 0.970. The maximum Gasteiger partial charge on any atom is 0.198 e. The maximum absolute atomic E-state index is 4.08. The number of nitrogens with zero attached hydrogens (tertiary/aromatic N) is 2. The van der Waals surface area contributed by atoms with E-state index in [0.29, 0.717) is 5.16 Å². The SMILES string of the molecule is CSCc1cnc(SS)nc1. The zero-order chi connectivity index (χ0) is 8.10. The minimum Gasteiger partial charge on any atom is -0.230 e. The highest BCUT2D eigenvalue weighted by Gasteiger charge is 1.94. The molecule has 1 rings (SSSR count). The van der Waals surface area contributed by atoms with Crippen LogP contribution in [0.2, 0.25) is 0 Å². The topological polar surface area (TPSA) is 25.8 Å². The fraction of sp³-hybridized carbons (Fsp3) is 0.333. The van der Waals surface area contributed by atoms with Gasteiger partial charge in [0.25, 0.3) is 0 Å². The molecule has 11 heavy (non-hydrogen) atoms. The Balaban J connectivity index is 2.66. The molecule has 0 N–H and O–H groups in total. The van der Waals surface area contributed by atoms with E-state index in [1.54, 1.807) is 11.8 Å². The van der Waals surface area contributed by atoms with Crippen LogP contribution in [0.4, 0.5) is 0 Å². The van der Waals surface area contributed by atoms with E-state index in [-0.39, 0.29) is 0 Å². The summed E-state index contributed by atoms with van der Waals surface area (Å²) in [4.78, 5) is 8.16. The Bertz CT molecular complexity index is 212. The Hall–Kier alpha value is 0.130. The standard InChI is InChI=1S/C6H8N2S3/c1-10-4-5-2-7-6(11-9)8-3-5/h2-3,9H,4H2,1H3. The number of rotatable bonds is 3. The molecule has 1 aromatic rings. The third-order valence-electron chi connectivity index (χ3n) is 1.07. The van der Waals surface area contributed by atoms with Gasteiger partial charge in [-0.05, 0) is 22.6 Å². The lowest BCUT2D eigenvalue weighted by atomic mass is 10.4. The van der Waals surface area contributed by atoms with Crippen molar-refractivity contribution in [2.75, 3.05) is 6.26 Å². The average molecular weight is 204 g/mol. The minimum absolute atomic E-state index is 0.707. The fourth-order valence-electron chi connectivity index (χ4n) is 0.631. The van der Waals surface area contributed by atoms with Crippen molar-refractivity contribution < 1.29 is 0 Å². The van der Waals surface area contributed by atoms with E-state index in [2.05, 4.69) is 27.9 Å². The van der Waals surface area contributed by atoms with Crippen molar-refractivity contribution in [1.29, 1.82) is 0 Å². The van der Waals surface area contributed by atoms with Crippen LogP contribution in [0.3, 0.4) is 0 Å². The summed E-state index contributed by atoms with van der Waals surface area (Å²) in [6, 6.07) is 0. The van der Waals surface area contributed by atoms with Gasteiger partial charge in [-0.3, -0.25) is 0 Å². The summed E-state index contributed by atoms with van der Waals surface area (Å²) in [7, 11) is 1.26. The maximum atomic E-state index is 4.08. The molecule has 0 unspecified atom stereocenters. The summed E-state index contributed by atoms with van der Waals surface area (Å²) < 4.78 is 0. The summed E-state index contributed by atoms with van der Waals surface area (Å²) in [5, 5.41) is 0.707. The zero-order valence-electron chi connectivity index (χ0n) is 6.02. The second kappa shape index (κ2) is 4.90. The van der Waals surface area contributed by atoms with Gasteiger partial charge < -0.3 is 0 Å². The summed E-state index contributed by atoms with van der Waals surface area (Å²) in [5.41, 5.74) is 1.16. The third-order valence-corrected chi connectivity index (χ3v) is 2.56. The van der Waals surface area contributed by atoms with Crippen LogP contribution in [0.5, 0.6) is 0 Å². The molecule has 0 atom stereocenters. The van der Waals surface area contributed by atoms with Crippen molar-refractivity contribution >= 4 is 34.2 Å². The van der Waals surface area contributed by atoms with E-state index >= 15 is 0 Å². The van der Waals surface area contributed by atoms with Crippen molar-refractivity contribution in [3.63, 3.8) is 0 Å². The lowest BCUT2D eigenvalue weighted by molar-refractivity contribution is 0.953. The van der Waals surface area contributed by atoms with E-state index in [0.717, 1.165) is 11.3 Å². The van der Waals surface area contributed by atoms with Gasteiger partial charge in [0.05, 0.1) is 0 Å². The van der Waals surface area contributed by atoms with E-state index in [1.165, 1.54) is 10.8 Å². The smallest absolute Gasteiger partial charge is 0.198 e. The lowest BCUT2D eigenvalue weighted by Gasteiger charge is -1.96. The Labute approximate surface area is 79.4 Å². The highest BCUT2D eigenvalue weighted by Crippen LogP contribution is 2.16. The highest BCUT2D eigenvalue weighted by molar-refractivity contribution is 8.68. The van der Waals surface area contributed by atoms with Crippen LogP contribution in [-0.4, -0.2) is 16.2 Å². The molecule has 1 aromatic heterocycles. The van der Waals surface area contributed by atoms with Gasteiger partial charge in [0, 0.05) is 18.1 Å². The molecule has 2 nitrogen and oxygen atoms in total. The first-order valence-electron chi connectivity index (χ1n) is 2.98. The van der Waals surface area contributed by atoms with Crippen LogP contribution < -0.4 is 0 Å². The molecule has 0 radical (unpaired) electrons. The Morgan fingerprint density at radius 1 is 1.45 bits per heavy atom. The van der Waals surface area contributed by atoms with Crippen molar-refractivity contribution in [3.8, 4) is 0 Å². The molecule has 1 heterocycles. The zero-order valence-corrected chi connectivity index (χ0v) is 8.55. The molecular weight excluding hydrogens is 196 g/mol. The Kier molecular flexibility index (Phi) is 4.11. The summed E-state index contributed by atoms with van der Waals surface area (Å²) >= 11 is 5.75. The van der Waals surface area contributed by atoms with Crippen molar-refractivity contribution in [2.45, 2.75) is 10.9 Å². The molecule has 0 aromatic carbocycles. The molecule has 0 aliphatic heterocycles. The van der Waals surface area contributed by atoms with Gasteiger partial charge in [0.1, 0.15) is 0 Å². The third kappa shape index (κ3) is 2.92. The molecule has 0 spiro atoms. The Morgan fingerprint density at radius 3 is 2.55 bits per heavy atom. The van der Waals surface area contributed by atoms with Crippen LogP contribution in [0.1, 0.15) is 5.56 Å². The summed E-state index contributed by atoms with van der Waals surface area (Å²) in [6.07, 6.45) is 5.73. The van der Waals surface area contributed by atoms with Crippen molar-refractivity contribution in [3.05, 3.63) is 18.0 Å². The van der Waals surface area contributed by atoms with Gasteiger partial charge in [0.2, 0.25) is 0 Å². The Morgan fingerprint density at radius 2 is 2.09 bits per heavy atom. The first kappa shape index (κ1) is 9.22. The van der Waals surface area contributed by atoms with E-state index in [9.17, 15) is 0 Å². The molecular formula is C6H8N2S3. The molecule has 0 aliphatic rings. The van der Waals surface area contributed by atoms with Gasteiger partial charge in [-0.1, -0.05) is 0 Å². The predicted octanol–water partition coefficient (Wildman–Crippen LogP) is 2.28. The predicted molar refractivity (Wildman–Crippen MR) is 54.1 cm³/mol. The van der Waals surface area contributed by atoms with E-state index in [1.807, 2.05) is 12.4 Å². The number of hydrogen-bond acceptors (Lipinski definition) is 5. The van der Waals surface area contributed by atoms with Crippen LogP contribution in [0.15, 0.2) is 17.6 Å². The number of thiol groups is 1. The molecule has 0 fully saturated rings. The van der Waals surface area contributed by atoms with Gasteiger partial charge in [-0.25, -0.2) is 9.97 Å². The van der Waals surface area contributed by atoms with Gasteiger partial charge in [-0.15, -0.1) is 11.7 Å². The van der Waals surface area contributed by atoms with Gasteiger partial charge >= 0.3 is 0 Å². The minimum atomic E-state index is 0.707. The largest absolute Gasteiger partial charge is 0.230 e. The van der Waals surface area contributed by atoms with Crippen LogP contribution in [-0.2, 0) is 5.75 Å². The molecule has 0 saturated carbocycles. The van der Waals surface area contributed by atoms with Crippen LogP contribution in [0, 0.1) is 0 Å². The molecule has 60 valence electrons. The number of aromatic nitrogens is 2. The fourth-order valence-corrected chi connectivity index (χ4v) is 1.60. The van der Waals surface area contributed by atoms with Crippen molar-refractivity contribution in [2.24, 2.45) is 0 Å². The van der Waals surface area contributed by atoms with E-state index < -0.39 is 0 Å². The monoisotopic (exact) mass is 204 g/mol. The summed E-state index contributed by atoms with van der Waals surface area (Å²) in [6.45, 7) is 0. The van der Waals surface area contributed by atoms with Gasteiger partial charge in [0.15, 0.2) is 5.16 Å². The van der Waals surface area contributed by atoms with Crippen LogP contribution >= 0.6 is 34.2 Å². The van der Waals surface area contributed by atoms with Crippen molar-refractivity contribution in [1.82, 2.24) is 9.97 Å². The average Bonchev–Trinajstić information content (AvgIpc) is 2.07. The highest BCUT2D eigenvalue weighted by atomic mass is 33.1. The quantitative estimate of drug-likeness (QED) is 0.464. The van der Waals surface area contributed by atoms with Gasteiger partial charge in [-0.2, -0.15) is 11.8 Å². The first-order valence-corrected chi connectivity index (χ1v) is 6.24. The molecule has 5 heteroatoms. The number of hydrogen-bond donors (Lipinski definition) is 1. The molecule has 0 amide bonds. The van der Waals surface area contributed by atoms with E-state index in [4.69, 9.17) is 0 Å².